The largest absolute Gasteiger partial charge is 0.335 e. The minimum Gasteiger partial charge on any atom is -0.335 e. The van der Waals surface area contributed by atoms with Gasteiger partial charge in [0.2, 0.25) is 0 Å². The number of aromatic nitrogens is 3. The molecule has 0 aromatic carbocycles. The third-order valence-electron chi connectivity index (χ3n) is 5.23. The van der Waals surface area contributed by atoms with E-state index in [-0.39, 0.29) is 24.8 Å². The number of halogens is 1. The van der Waals surface area contributed by atoms with Gasteiger partial charge in [-0.2, -0.15) is 5.10 Å². The molecule has 3 aromatic rings. The number of H-pyrrole nitrogens is 1. The summed E-state index contributed by atoms with van der Waals surface area (Å²) in [6, 6.07) is 7.08. The normalized spacial score (nSPS) is 22.7. The number of rotatable bonds is 4. The predicted octanol–water partition coefficient (Wildman–Crippen LogP) is 4.41. The van der Waals surface area contributed by atoms with Gasteiger partial charge in [-0.3, -0.25) is 14.9 Å². The summed E-state index contributed by atoms with van der Waals surface area (Å²) in [7, 11) is 0. The molecule has 1 N–H and O–H groups in total. The van der Waals surface area contributed by atoms with Crippen LogP contribution in [0.5, 0.6) is 0 Å². The molecule has 1 fully saturated rings. The summed E-state index contributed by atoms with van der Waals surface area (Å²) in [5.74, 6) is -0.0316. The lowest BCUT2D eigenvalue weighted by atomic mass is 9.84. The summed E-state index contributed by atoms with van der Waals surface area (Å²) in [5, 5.41) is 8.60. The molecule has 0 radical (unpaired) electrons. The van der Waals surface area contributed by atoms with Crippen LogP contribution >= 0.6 is 11.3 Å². The van der Waals surface area contributed by atoms with Gasteiger partial charge in [-0.1, -0.05) is 13.0 Å². The number of hydrogen-bond acceptors (Lipinski definition) is 4. The highest BCUT2D eigenvalue weighted by atomic mass is 32.1. The van der Waals surface area contributed by atoms with Crippen LogP contribution in [0.1, 0.15) is 42.2 Å². The number of alkyl halides is 1. The van der Waals surface area contributed by atoms with Gasteiger partial charge < -0.3 is 4.90 Å². The average molecular weight is 384 g/mol. The first-order chi connectivity index (χ1) is 13.1. The van der Waals surface area contributed by atoms with Crippen molar-refractivity contribution < 1.29 is 9.18 Å². The van der Waals surface area contributed by atoms with Crippen molar-refractivity contribution in [3.05, 3.63) is 59.5 Å². The molecule has 3 aromatic heterocycles. The van der Waals surface area contributed by atoms with E-state index < -0.39 is 5.67 Å². The zero-order chi connectivity index (χ0) is 18.9. The summed E-state index contributed by atoms with van der Waals surface area (Å²) in [6.07, 6.45) is 6.43. The molecular formula is C20H21FN4OS. The highest BCUT2D eigenvalue weighted by molar-refractivity contribution is 7.13. The number of piperidine rings is 1. The number of hydrogen-bond donors (Lipinski definition) is 1. The summed E-state index contributed by atoms with van der Waals surface area (Å²) in [4.78, 5) is 20.1. The van der Waals surface area contributed by atoms with Crippen molar-refractivity contribution in [2.45, 2.75) is 37.9 Å². The Morgan fingerprint density at radius 2 is 2.37 bits per heavy atom. The van der Waals surface area contributed by atoms with Crippen molar-refractivity contribution in [2.75, 3.05) is 6.54 Å². The summed E-state index contributed by atoms with van der Waals surface area (Å²) < 4.78 is 15.6. The van der Waals surface area contributed by atoms with Crippen LogP contribution in [0.4, 0.5) is 4.39 Å². The van der Waals surface area contributed by atoms with Crippen LogP contribution in [0.15, 0.2) is 48.2 Å². The first-order valence-electron chi connectivity index (χ1n) is 9.10. The molecule has 4 rings (SSSR count). The van der Waals surface area contributed by atoms with Crippen LogP contribution in [0.25, 0.3) is 10.4 Å². The van der Waals surface area contributed by atoms with Crippen LogP contribution in [0, 0.1) is 0 Å². The van der Waals surface area contributed by atoms with Gasteiger partial charge >= 0.3 is 0 Å². The van der Waals surface area contributed by atoms with E-state index in [1.165, 1.54) is 11.3 Å². The fourth-order valence-electron chi connectivity index (χ4n) is 3.71. The summed E-state index contributed by atoms with van der Waals surface area (Å²) in [5.41, 5.74) is 0.602. The van der Waals surface area contributed by atoms with Crippen molar-refractivity contribution in [3.8, 4) is 10.4 Å². The van der Waals surface area contributed by atoms with Crippen LogP contribution < -0.4 is 0 Å². The lowest BCUT2D eigenvalue weighted by Crippen LogP contribution is -2.50. The second-order valence-corrected chi connectivity index (χ2v) is 7.79. The van der Waals surface area contributed by atoms with Gasteiger partial charge in [-0.15, -0.1) is 11.3 Å². The maximum atomic E-state index is 15.6. The van der Waals surface area contributed by atoms with E-state index >= 15 is 4.39 Å². The quantitative estimate of drug-likeness (QED) is 0.725. The van der Waals surface area contributed by atoms with Crippen molar-refractivity contribution in [2.24, 2.45) is 0 Å². The number of thiophene rings is 1. The second kappa shape index (κ2) is 7.23. The van der Waals surface area contributed by atoms with Crippen molar-refractivity contribution in [1.82, 2.24) is 20.1 Å². The minimum atomic E-state index is -1.48. The highest BCUT2D eigenvalue weighted by Gasteiger charge is 2.43. The Kier molecular flexibility index (Phi) is 4.78. The molecule has 1 aliphatic rings. The van der Waals surface area contributed by atoms with Gasteiger partial charge in [-0.25, -0.2) is 4.39 Å². The molecule has 27 heavy (non-hydrogen) atoms. The van der Waals surface area contributed by atoms with E-state index in [2.05, 4.69) is 15.2 Å². The molecule has 0 spiro atoms. The van der Waals surface area contributed by atoms with Crippen molar-refractivity contribution in [3.63, 3.8) is 0 Å². The maximum Gasteiger partial charge on any atom is 0.254 e. The molecule has 0 saturated carbocycles. The molecule has 1 aliphatic heterocycles. The highest BCUT2D eigenvalue weighted by Crippen LogP contribution is 2.40. The Bertz CT molecular complexity index is 911. The lowest BCUT2D eigenvalue weighted by molar-refractivity contribution is 0.0119. The van der Waals surface area contributed by atoms with Crippen LogP contribution in [0.3, 0.4) is 0 Å². The molecule has 2 atom stereocenters. The lowest BCUT2D eigenvalue weighted by Gasteiger charge is -2.42. The fraction of sp³-hybridized carbons (Fsp3) is 0.350. The third-order valence-corrected chi connectivity index (χ3v) is 6.21. The molecular weight excluding hydrogens is 363 g/mol. The number of amides is 1. The van der Waals surface area contributed by atoms with Gasteiger partial charge in [-0.05, 0) is 24.6 Å². The maximum absolute atomic E-state index is 15.6. The Labute approximate surface area is 161 Å². The number of nitrogens with zero attached hydrogens (tertiary/aromatic N) is 3. The number of aromatic amines is 1. The molecule has 1 saturated heterocycles. The van der Waals surface area contributed by atoms with Gasteiger partial charge in [0.25, 0.3) is 5.91 Å². The average Bonchev–Trinajstić information content (AvgIpc) is 3.39. The Morgan fingerprint density at radius 1 is 1.48 bits per heavy atom. The molecule has 140 valence electrons. The van der Waals surface area contributed by atoms with E-state index in [0.717, 1.165) is 10.4 Å². The monoisotopic (exact) mass is 384 g/mol. The molecule has 0 aliphatic carbocycles. The first kappa shape index (κ1) is 17.9. The smallest absolute Gasteiger partial charge is 0.254 e. The third kappa shape index (κ3) is 3.39. The molecule has 2 unspecified atom stereocenters. The van der Waals surface area contributed by atoms with Crippen LogP contribution in [-0.4, -0.2) is 38.6 Å². The number of carbonyl (C=O) groups excluding carboxylic acids is 1. The summed E-state index contributed by atoms with van der Waals surface area (Å²) in [6.45, 7) is 2.39. The number of pyridine rings is 1. The van der Waals surface area contributed by atoms with Gasteiger partial charge in [0.15, 0.2) is 5.67 Å². The predicted molar refractivity (Wildman–Crippen MR) is 103 cm³/mol. The van der Waals surface area contributed by atoms with E-state index in [4.69, 9.17) is 0 Å². The van der Waals surface area contributed by atoms with Crippen LogP contribution in [0.2, 0.25) is 0 Å². The Balaban J connectivity index is 1.53. The van der Waals surface area contributed by atoms with E-state index in [0.29, 0.717) is 24.2 Å². The Hall–Kier alpha value is -2.54. The van der Waals surface area contributed by atoms with E-state index in [1.54, 1.807) is 30.7 Å². The van der Waals surface area contributed by atoms with Crippen LogP contribution in [-0.2, 0) is 5.67 Å². The van der Waals surface area contributed by atoms with Gasteiger partial charge in [0.1, 0.15) is 0 Å². The fourth-order valence-corrected chi connectivity index (χ4v) is 4.58. The van der Waals surface area contributed by atoms with E-state index in [1.807, 2.05) is 29.3 Å². The number of carbonyl (C=O) groups is 1. The molecule has 0 bridgehead atoms. The molecule has 4 heterocycles. The van der Waals surface area contributed by atoms with E-state index in [9.17, 15) is 4.79 Å². The number of likely N-dealkylation sites (tertiary alicyclic amines) is 1. The minimum absolute atomic E-state index is 0.0316. The molecule has 5 nitrogen and oxygen atoms in total. The van der Waals surface area contributed by atoms with Gasteiger partial charge in [0.05, 0.1) is 17.5 Å². The topological polar surface area (TPSA) is 61.9 Å². The van der Waals surface area contributed by atoms with Gasteiger partial charge in [0, 0.05) is 53.6 Å². The summed E-state index contributed by atoms with van der Waals surface area (Å²) >= 11 is 1.51. The SMILES string of the molecule is CCC1CC(F)(c2ccccn2)CCN1C(=O)c1csc(-c2cn[nH]c2)c1. The zero-order valence-corrected chi connectivity index (χ0v) is 15.9. The molecule has 1 amide bonds. The second-order valence-electron chi connectivity index (χ2n) is 6.88. The molecule has 7 heteroatoms. The Morgan fingerprint density at radius 3 is 3.07 bits per heavy atom. The standard InChI is InChI=1S/C20H21FN4OS/c1-2-16-10-20(21,18-5-3-4-7-22-18)6-8-25(16)19(26)14-9-17(27-13-14)15-11-23-24-12-15/h3-5,7,9,11-13,16H,2,6,8,10H2,1H3,(H,23,24). The zero-order valence-electron chi connectivity index (χ0n) is 15.1. The van der Waals surface area contributed by atoms with Crippen molar-refractivity contribution >= 4 is 17.2 Å². The number of nitrogens with one attached hydrogen (secondary N) is 1. The first-order valence-corrected chi connectivity index (χ1v) is 9.98. The van der Waals surface area contributed by atoms with Crippen molar-refractivity contribution in [1.29, 1.82) is 0 Å².